The first-order valence-corrected chi connectivity index (χ1v) is 4.74. The molecule has 0 spiro atoms. The SMILES string of the molecule is CNC(=O)CNc1cc(C)ccc1[N+](=O)[O-]. The molecule has 1 aromatic carbocycles. The maximum absolute atomic E-state index is 11.0. The Morgan fingerprint density at radius 2 is 2.19 bits per heavy atom. The second kappa shape index (κ2) is 5.11. The monoisotopic (exact) mass is 223 g/mol. The van der Waals surface area contributed by atoms with E-state index in [0.717, 1.165) is 5.56 Å². The number of carbonyl (C=O) groups excluding carboxylic acids is 1. The Labute approximate surface area is 92.8 Å². The Bertz CT molecular complexity index is 418. The Balaban J connectivity index is 2.88. The van der Waals surface area contributed by atoms with Crippen LogP contribution in [0.4, 0.5) is 11.4 Å². The largest absolute Gasteiger partial charge is 0.371 e. The van der Waals surface area contributed by atoms with Crippen molar-refractivity contribution in [1.82, 2.24) is 5.32 Å². The quantitative estimate of drug-likeness (QED) is 0.590. The maximum Gasteiger partial charge on any atom is 0.292 e. The summed E-state index contributed by atoms with van der Waals surface area (Å²) in [7, 11) is 1.51. The molecule has 0 bridgehead atoms. The molecule has 0 saturated heterocycles. The van der Waals surface area contributed by atoms with Crippen molar-refractivity contribution < 1.29 is 9.72 Å². The van der Waals surface area contributed by atoms with Gasteiger partial charge in [0.05, 0.1) is 11.5 Å². The van der Waals surface area contributed by atoms with Gasteiger partial charge in [0.25, 0.3) is 5.69 Å². The molecule has 6 heteroatoms. The second-order valence-electron chi connectivity index (χ2n) is 3.30. The van der Waals surface area contributed by atoms with Crippen molar-refractivity contribution >= 4 is 17.3 Å². The van der Waals surface area contributed by atoms with Crippen LogP contribution in [0.3, 0.4) is 0 Å². The van der Waals surface area contributed by atoms with Crippen LogP contribution >= 0.6 is 0 Å². The topological polar surface area (TPSA) is 84.3 Å². The number of aryl methyl sites for hydroxylation is 1. The summed E-state index contributed by atoms with van der Waals surface area (Å²) in [6, 6.07) is 4.71. The smallest absolute Gasteiger partial charge is 0.292 e. The van der Waals surface area contributed by atoms with Crippen LogP contribution in [-0.2, 0) is 4.79 Å². The summed E-state index contributed by atoms with van der Waals surface area (Å²) in [6.07, 6.45) is 0. The molecule has 86 valence electrons. The molecule has 1 rings (SSSR count). The molecule has 0 radical (unpaired) electrons. The summed E-state index contributed by atoms with van der Waals surface area (Å²) in [5.41, 5.74) is 1.22. The highest BCUT2D eigenvalue weighted by atomic mass is 16.6. The Hall–Kier alpha value is -2.11. The van der Waals surface area contributed by atoms with Crippen molar-refractivity contribution in [3.05, 3.63) is 33.9 Å². The molecule has 0 saturated carbocycles. The molecule has 0 aromatic heterocycles. The molecule has 0 aliphatic heterocycles. The molecular weight excluding hydrogens is 210 g/mol. The van der Waals surface area contributed by atoms with Gasteiger partial charge in [-0.25, -0.2) is 0 Å². The minimum Gasteiger partial charge on any atom is -0.371 e. The zero-order chi connectivity index (χ0) is 12.1. The molecule has 1 aromatic rings. The number of nitrogens with zero attached hydrogens (tertiary/aromatic N) is 1. The Morgan fingerprint density at radius 1 is 1.50 bits per heavy atom. The Kier molecular flexibility index (Phi) is 3.82. The van der Waals surface area contributed by atoms with Crippen molar-refractivity contribution in [1.29, 1.82) is 0 Å². The number of benzene rings is 1. The predicted octanol–water partition coefficient (Wildman–Crippen LogP) is 1.06. The van der Waals surface area contributed by atoms with Crippen molar-refractivity contribution in [2.45, 2.75) is 6.92 Å². The highest BCUT2D eigenvalue weighted by Gasteiger charge is 2.13. The van der Waals surface area contributed by atoms with Gasteiger partial charge in [0.1, 0.15) is 5.69 Å². The molecule has 0 aliphatic rings. The van der Waals surface area contributed by atoms with Crippen LogP contribution in [0, 0.1) is 17.0 Å². The van der Waals surface area contributed by atoms with E-state index in [2.05, 4.69) is 10.6 Å². The van der Waals surface area contributed by atoms with E-state index < -0.39 is 4.92 Å². The number of anilines is 1. The van der Waals surface area contributed by atoms with E-state index in [1.807, 2.05) is 6.92 Å². The highest BCUT2D eigenvalue weighted by molar-refractivity contribution is 5.81. The predicted molar refractivity (Wildman–Crippen MR) is 60.4 cm³/mol. The number of hydrogen-bond donors (Lipinski definition) is 2. The van der Waals surface area contributed by atoms with E-state index in [-0.39, 0.29) is 18.1 Å². The summed E-state index contributed by atoms with van der Waals surface area (Å²) >= 11 is 0. The standard InChI is InChI=1S/C10H13N3O3/c1-7-3-4-9(13(15)16)8(5-7)12-6-10(14)11-2/h3-5,12H,6H2,1-2H3,(H,11,14). The molecule has 0 fully saturated rings. The van der Waals surface area contributed by atoms with Crippen molar-refractivity contribution in [3.63, 3.8) is 0 Å². The van der Waals surface area contributed by atoms with E-state index in [4.69, 9.17) is 0 Å². The van der Waals surface area contributed by atoms with Crippen molar-refractivity contribution in [2.24, 2.45) is 0 Å². The van der Waals surface area contributed by atoms with Gasteiger partial charge in [-0.05, 0) is 18.6 Å². The maximum atomic E-state index is 11.0. The molecule has 2 N–H and O–H groups in total. The van der Waals surface area contributed by atoms with Gasteiger partial charge in [-0.3, -0.25) is 14.9 Å². The van der Waals surface area contributed by atoms with E-state index in [1.165, 1.54) is 13.1 Å². The van der Waals surface area contributed by atoms with Gasteiger partial charge in [0.15, 0.2) is 0 Å². The van der Waals surface area contributed by atoms with Crippen LogP contribution in [0.2, 0.25) is 0 Å². The number of rotatable bonds is 4. The van der Waals surface area contributed by atoms with Crippen LogP contribution in [0.25, 0.3) is 0 Å². The Morgan fingerprint density at radius 3 is 2.75 bits per heavy atom. The summed E-state index contributed by atoms with van der Waals surface area (Å²) in [6.45, 7) is 1.84. The van der Waals surface area contributed by atoms with Gasteiger partial charge in [0, 0.05) is 13.1 Å². The fraction of sp³-hybridized carbons (Fsp3) is 0.300. The van der Waals surface area contributed by atoms with Crippen LogP contribution in [0.1, 0.15) is 5.56 Å². The van der Waals surface area contributed by atoms with Crippen molar-refractivity contribution in [3.8, 4) is 0 Å². The molecular formula is C10H13N3O3. The number of carbonyl (C=O) groups is 1. The number of amides is 1. The lowest BCUT2D eigenvalue weighted by Gasteiger charge is -2.06. The van der Waals surface area contributed by atoms with E-state index in [9.17, 15) is 14.9 Å². The van der Waals surface area contributed by atoms with Crippen LogP contribution in [0.15, 0.2) is 18.2 Å². The summed E-state index contributed by atoms with van der Waals surface area (Å²) in [4.78, 5) is 21.2. The van der Waals surface area contributed by atoms with Crippen LogP contribution in [-0.4, -0.2) is 24.4 Å². The lowest BCUT2D eigenvalue weighted by Crippen LogP contribution is -2.26. The molecule has 0 unspecified atom stereocenters. The van der Waals surface area contributed by atoms with Gasteiger partial charge < -0.3 is 10.6 Å². The number of nitro groups is 1. The third kappa shape index (κ3) is 2.94. The number of hydrogen-bond acceptors (Lipinski definition) is 4. The molecule has 0 heterocycles. The van der Waals surface area contributed by atoms with Crippen LogP contribution in [0.5, 0.6) is 0 Å². The molecule has 6 nitrogen and oxygen atoms in total. The third-order valence-electron chi connectivity index (χ3n) is 2.07. The first-order valence-electron chi connectivity index (χ1n) is 4.74. The summed E-state index contributed by atoms with van der Waals surface area (Å²) in [5, 5.41) is 15.9. The van der Waals surface area contributed by atoms with Gasteiger partial charge in [-0.1, -0.05) is 6.07 Å². The van der Waals surface area contributed by atoms with Crippen molar-refractivity contribution in [2.75, 3.05) is 18.9 Å². The van der Waals surface area contributed by atoms with Crippen LogP contribution < -0.4 is 10.6 Å². The fourth-order valence-electron chi connectivity index (χ4n) is 1.21. The average molecular weight is 223 g/mol. The molecule has 0 aliphatic carbocycles. The van der Waals surface area contributed by atoms with E-state index >= 15 is 0 Å². The second-order valence-corrected chi connectivity index (χ2v) is 3.30. The average Bonchev–Trinajstić information content (AvgIpc) is 2.25. The van der Waals surface area contributed by atoms with Gasteiger partial charge in [0.2, 0.25) is 5.91 Å². The van der Waals surface area contributed by atoms with Gasteiger partial charge >= 0.3 is 0 Å². The number of nitro benzene ring substituents is 1. The molecule has 0 atom stereocenters. The normalized spacial score (nSPS) is 9.62. The minimum atomic E-state index is -0.481. The lowest BCUT2D eigenvalue weighted by molar-refractivity contribution is -0.384. The molecule has 16 heavy (non-hydrogen) atoms. The fourth-order valence-corrected chi connectivity index (χ4v) is 1.21. The lowest BCUT2D eigenvalue weighted by atomic mass is 10.2. The number of nitrogens with one attached hydrogen (secondary N) is 2. The minimum absolute atomic E-state index is 0.0147. The zero-order valence-electron chi connectivity index (χ0n) is 9.11. The first-order chi connectivity index (χ1) is 7.54. The third-order valence-corrected chi connectivity index (χ3v) is 2.07. The van der Waals surface area contributed by atoms with Gasteiger partial charge in [-0.2, -0.15) is 0 Å². The van der Waals surface area contributed by atoms with Gasteiger partial charge in [-0.15, -0.1) is 0 Å². The number of likely N-dealkylation sites (N-methyl/N-ethyl adjacent to an activating group) is 1. The highest BCUT2D eigenvalue weighted by Crippen LogP contribution is 2.24. The first kappa shape index (κ1) is 12.0. The molecule has 1 amide bonds. The summed E-state index contributed by atoms with van der Waals surface area (Å²) < 4.78 is 0. The van der Waals surface area contributed by atoms with E-state index in [1.54, 1.807) is 12.1 Å². The van der Waals surface area contributed by atoms with E-state index in [0.29, 0.717) is 5.69 Å². The zero-order valence-corrected chi connectivity index (χ0v) is 9.11. The summed E-state index contributed by atoms with van der Waals surface area (Å²) in [5.74, 6) is -0.226.